The van der Waals surface area contributed by atoms with Gasteiger partial charge in [-0.1, -0.05) is 29.8 Å². The Balaban J connectivity index is 1.56. The minimum atomic E-state index is 0.0683. The number of hydrogen-bond acceptors (Lipinski definition) is 6. The second-order valence-corrected chi connectivity index (χ2v) is 8.03. The van der Waals surface area contributed by atoms with Crippen LogP contribution in [0.2, 0.25) is 5.02 Å². The molecule has 154 valence electrons. The lowest BCUT2D eigenvalue weighted by molar-refractivity contribution is -0.0168. The molecule has 0 fully saturated rings. The van der Waals surface area contributed by atoms with E-state index in [1.807, 2.05) is 42.5 Å². The Labute approximate surface area is 184 Å². The number of aliphatic imine (C=N–C) groups is 1. The lowest BCUT2D eigenvalue weighted by Gasteiger charge is -2.21. The number of benzene rings is 3. The largest absolute Gasteiger partial charge is 0.504 e. The molecular weight excluding hydrogens is 422 g/mol. The van der Waals surface area contributed by atoms with E-state index in [1.54, 1.807) is 30.1 Å². The third-order valence-corrected chi connectivity index (χ3v) is 5.92. The van der Waals surface area contributed by atoms with Crippen molar-refractivity contribution in [3.05, 3.63) is 76.3 Å². The normalized spacial score (nSPS) is 13.1. The Morgan fingerprint density at radius 2 is 2.07 bits per heavy atom. The van der Waals surface area contributed by atoms with Crippen LogP contribution in [-0.2, 0) is 17.1 Å². The van der Waals surface area contributed by atoms with Gasteiger partial charge in [0.2, 0.25) is 0 Å². The van der Waals surface area contributed by atoms with Crippen LogP contribution in [0, 0.1) is 0 Å². The molecule has 3 aromatic carbocycles. The SMILES string of the molecule is COc1cccc(C=Nc2ccccc2SCc2cc(Cl)cc3c2OCOC3)c1O. The number of thioether (sulfide) groups is 1. The Bertz CT molecular complexity index is 1090. The molecule has 7 heteroatoms. The van der Waals surface area contributed by atoms with Gasteiger partial charge < -0.3 is 19.3 Å². The summed E-state index contributed by atoms with van der Waals surface area (Å²) in [6, 6.07) is 17.0. The van der Waals surface area contributed by atoms with Gasteiger partial charge in [0.1, 0.15) is 5.75 Å². The molecule has 1 N–H and O–H groups in total. The average Bonchev–Trinajstić information content (AvgIpc) is 2.77. The highest BCUT2D eigenvalue weighted by molar-refractivity contribution is 7.98. The first-order valence-corrected chi connectivity index (χ1v) is 10.7. The maximum Gasteiger partial charge on any atom is 0.189 e. The summed E-state index contributed by atoms with van der Waals surface area (Å²) in [7, 11) is 1.52. The van der Waals surface area contributed by atoms with Crippen LogP contribution in [0.1, 0.15) is 16.7 Å². The summed E-state index contributed by atoms with van der Waals surface area (Å²) in [5, 5.41) is 10.9. The Morgan fingerprint density at radius 3 is 2.93 bits per heavy atom. The molecule has 5 nitrogen and oxygen atoms in total. The van der Waals surface area contributed by atoms with Gasteiger partial charge in [0.25, 0.3) is 0 Å². The predicted molar refractivity (Wildman–Crippen MR) is 120 cm³/mol. The zero-order valence-corrected chi connectivity index (χ0v) is 17.9. The third-order valence-electron chi connectivity index (χ3n) is 4.59. The van der Waals surface area contributed by atoms with Crippen molar-refractivity contribution in [1.29, 1.82) is 0 Å². The Morgan fingerprint density at radius 1 is 1.20 bits per heavy atom. The molecule has 0 bridgehead atoms. The summed E-state index contributed by atoms with van der Waals surface area (Å²) in [6.45, 7) is 0.746. The first-order chi connectivity index (χ1) is 14.7. The number of hydrogen-bond donors (Lipinski definition) is 1. The van der Waals surface area contributed by atoms with Gasteiger partial charge in [0, 0.05) is 38.6 Å². The van der Waals surface area contributed by atoms with E-state index in [4.69, 9.17) is 25.8 Å². The number of aromatic hydroxyl groups is 1. The highest BCUT2D eigenvalue weighted by atomic mass is 35.5. The smallest absolute Gasteiger partial charge is 0.189 e. The lowest BCUT2D eigenvalue weighted by Crippen LogP contribution is -2.12. The van der Waals surface area contributed by atoms with Gasteiger partial charge in [-0.3, -0.25) is 4.99 Å². The molecule has 0 unspecified atom stereocenters. The third kappa shape index (κ3) is 4.56. The molecule has 1 heterocycles. The maximum absolute atomic E-state index is 10.3. The molecule has 0 amide bonds. The van der Waals surface area contributed by atoms with Gasteiger partial charge in [-0.15, -0.1) is 11.8 Å². The van der Waals surface area contributed by atoms with Crippen LogP contribution in [0.4, 0.5) is 5.69 Å². The van der Waals surface area contributed by atoms with Crippen LogP contribution < -0.4 is 9.47 Å². The summed E-state index contributed by atoms with van der Waals surface area (Å²) >= 11 is 7.92. The first kappa shape index (κ1) is 20.6. The van der Waals surface area contributed by atoms with E-state index in [1.165, 1.54) is 7.11 Å². The molecule has 30 heavy (non-hydrogen) atoms. The quantitative estimate of drug-likeness (QED) is 0.377. The molecule has 3 aromatic rings. The average molecular weight is 442 g/mol. The van der Waals surface area contributed by atoms with E-state index < -0.39 is 0 Å². The van der Waals surface area contributed by atoms with Gasteiger partial charge in [-0.05, 0) is 36.4 Å². The van der Waals surface area contributed by atoms with Crippen molar-refractivity contribution in [3.8, 4) is 17.2 Å². The number of phenolic OH excluding ortho intramolecular Hbond substituents is 1. The molecular formula is C23H20ClNO4S. The van der Waals surface area contributed by atoms with Gasteiger partial charge in [-0.25, -0.2) is 0 Å². The molecule has 0 aliphatic carbocycles. The number of para-hydroxylation sites is 2. The Hall–Kier alpha value is -2.67. The van der Waals surface area contributed by atoms with Crippen molar-refractivity contribution in [2.75, 3.05) is 13.9 Å². The molecule has 1 aliphatic heterocycles. The van der Waals surface area contributed by atoms with E-state index in [0.717, 1.165) is 27.5 Å². The highest BCUT2D eigenvalue weighted by Gasteiger charge is 2.17. The van der Waals surface area contributed by atoms with Crippen LogP contribution >= 0.6 is 23.4 Å². The van der Waals surface area contributed by atoms with Crippen LogP contribution in [0.25, 0.3) is 0 Å². The van der Waals surface area contributed by atoms with E-state index in [0.29, 0.717) is 28.7 Å². The monoisotopic (exact) mass is 441 g/mol. The van der Waals surface area contributed by atoms with Crippen LogP contribution in [0.15, 0.2) is 64.5 Å². The molecule has 0 saturated carbocycles. The minimum absolute atomic E-state index is 0.0683. The fourth-order valence-electron chi connectivity index (χ4n) is 3.15. The molecule has 1 aliphatic rings. The van der Waals surface area contributed by atoms with Crippen molar-refractivity contribution in [3.63, 3.8) is 0 Å². The highest BCUT2D eigenvalue weighted by Crippen LogP contribution is 2.38. The standard InChI is InChI=1S/C23H20ClNO4S/c1-27-20-7-4-5-15(22(20)26)11-25-19-6-2-3-8-21(19)30-13-17-10-18(24)9-16-12-28-14-29-23(16)17/h2-11,26H,12-14H2,1H3. The minimum Gasteiger partial charge on any atom is -0.504 e. The number of methoxy groups -OCH3 is 1. The van der Waals surface area contributed by atoms with Crippen LogP contribution in [-0.4, -0.2) is 25.2 Å². The topological polar surface area (TPSA) is 60.3 Å². The number of rotatable bonds is 6. The van der Waals surface area contributed by atoms with Crippen LogP contribution in [0.3, 0.4) is 0 Å². The second kappa shape index (κ2) is 9.43. The summed E-state index contributed by atoms with van der Waals surface area (Å²) in [6.07, 6.45) is 1.64. The van der Waals surface area contributed by atoms with Gasteiger partial charge in [0.05, 0.1) is 19.4 Å². The first-order valence-electron chi connectivity index (χ1n) is 9.29. The van der Waals surface area contributed by atoms with E-state index in [-0.39, 0.29) is 12.5 Å². The van der Waals surface area contributed by atoms with E-state index in [9.17, 15) is 5.11 Å². The van der Waals surface area contributed by atoms with Gasteiger partial charge >= 0.3 is 0 Å². The van der Waals surface area contributed by atoms with Crippen molar-refractivity contribution >= 4 is 35.3 Å². The number of nitrogens with zero attached hydrogens (tertiary/aromatic N) is 1. The number of ether oxygens (including phenoxy) is 3. The predicted octanol–water partition coefficient (Wildman–Crippen LogP) is 5.96. The fraction of sp³-hybridized carbons (Fsp3) is 0.174. The summed E-state index contributed by atoms with van der Waals surface area (Å²) < 4.78 is 16.2. The molecule has 0 spiro atoms. The molecule has 0 saturated heterocycles. The molecule has 0 atom stereocenters. The van der Waals surface area contributed by atoms with E-state index in [2.05, 4.69) is 4.99 Å². The van der Waals surface area contributed by atoms with Crippen molar-refractivity contribution in [2.24, 2.45) is 4.99 Å². The summed E-state index contributed by atoms with van der Waals surface area (Å²) in [4.78, 5) is 5.60. The van der Waals surface area contributed by atoms with E-state index >= 15 is 0 Å². The summed E-state index contributed by atoms with van der Waals surface area (Å²) in [5.74, 6) is 2.01. The van der Waals surface area contributed by atoms with Gasteiger partial charge in [0.15, 0.2) is 18.3 Å². The van der Waals surface area contributed by atoms with Crippen molar-refractivity contribution < 1.29 is 19.3 Å². The van der Waals surface area contributed by atoms with Crippen molar-refractivity contribution in [1.82, 2.24) is 0 Å². The fourth-order valence-corrected chi connectivity index (χ4v) is 4.38. The zero-order valence-electron chi connectivity index (χ0n) is 16.3. The maximum atomic E-state index is 10.3. The molecule has 0 aromatic heterocycles. The Kier molecular flexibility index (Phi) is 6.47. The lowest BCUT2D eigenvalue weighted by atomic mass is 10.1. The molecule has 4 rings (SSSR count). The van der Waals surface area contributed by atoms with Crippen LogP contribution in [0.5, 0.6) is 17.2 Å². The van der Waals surface area contributed by atoms with Gasteiger partial charge in [-0.2, -0.15) is 0 Å². The number of phenols is 1. The summed E-state index contributed by atoms with van der Waals surface area (Å²) in [5.41, 5.74) is 3.38. The second-order valence-electron chi connectivity index (χ2n) is 6.58. The number of halogens is 1. The number of fused-ring (bicyclic) bond motifs is 1. The zero-order chi connectivity index (χ0) is 20.9. The van der Waals surface area contributed by atoms with Crippen molar-refractivity contribution in [2.45, 2.75) is 17.3 Å². The molecule has 0 radical (unpaired) electrons.